The second kappa shape index (κ2) is 11.3. The van der Waals surface area contributed by atoms with Gasteiger partial charge in [-0.3, -0.25) is 4.79 Å². The molecule has 27 heavy (non-hydrogen) atoms. The number of nitriles is 1. The fraction of sp³-hybridized carbons (Fsp3) is 0.524. The molecule has 0 aromatic heterocycles. The number of benzene rings is 1. The van der Waals surface area contributed by atoms with Gasteiger partial charge < -0.3 is 9.64 Å². The van der Waals surface area contributed by atoms with E-state index in [0.29, 0.717) is 30.5 Å². The highest BCUT2D eigenvalue weighted by Gasteiger charge is 2.19. The van der Waals surface area contributed by atoms with Gasteiger partial charge in [-0.25, -0.2) is 0 Å². The Morgan fingerprint density at radius 3 is 2.04 bits per heavy atom. The lowest BCUT2D eigenvalue weighted by atomic mass is 10.1. The van der Waals surface area contributed by atoms with Gasteiger partial charge in [-0.15, -0.1) is 0 Å². The molecule has 1 aromatic carbocycles. The predicted molar refractivity (Wildman–Crippen MR) is 102 cm³/mol. The summed E-state index contributed by atoms with van der Waals surface area (Å²) in [6, 6.07) is 7.81. The Hall–Kier alpha value is -2.42. The lowest BCUT2D eigenvalue weighted by Gasteiger charge is -2.24. The Labute approximate surface area is 160 Å². The molecule has 0 fully saturated rings. The van der Waals surface area contributed by atoms with Crippen LogP contribution in [0.1, 0.15) is 46.1 Å². The SMILES string of the molecule is CC(C)CCN(CCC(C)C)C(=O)/C(C#N)=C/c1ccc(OC(F)F)cc1. The number of amides is 1. The van der Waals surface area contributed by atoms with E-state index in [-0.39, 0.29) is 17.2 Å². The van der Waals surface area contributed by atoms with E-state index in [2.05, 4.69) is 32.4 Å². The molecule has 0 spiro atoms. The number of ether oxygens (including phenoxy) is 1. The average molecular weight is 378 g/mol. The highest BCUT2D eigenvalue weighted by Crippen LogP contribution is 2.18. The van der Waals surface area contributed by atoms with Crippen molar-refractivity contribution in [3.05, 3.63) is 35.4 Å². The van der Waals surface area contributed by atoms with Gasteiger partial charge in [0.2, 0.25) is 0 Å². The first-order chi connectivity index (χ1) is 12.7. The van der Waals surface area contributed by atoms with Crippen molar-refractivity contribution in [2.24, 2.45) is 11.8 Å². The molecule has 0 saturated heterocycles. The highest BCUT2D eigenvalue weighted by atomic mass is 19.3. The third kappa shape index (κ3) is 8.67. The Kier molecular flexibility index (Phi) is 9.49. The number of rotatable bonds is 10. The molecule has 0 aliphatic heterocycles. The van der Waals surface area contributed by atoms with Gasteiger partial charge in [-0.2, -0.15) is 14.0 Å². The van der Waals surface area contributed by atoms with E-state index in [0.717, 1.165) is 12.8 Å². The molecule has 0 atom stereocenters. The topological polar surface area (TPSA) is 53.3 Å². The molecule has 0 radical (unpaired) electrons. The molecular weight excluding hydrogens is 350 g/mol. The molecule has 1 rings (SSSR count). The number of nitrogens with zero attached hydrogens (tertiary/aromatic N) is 2. The minimum absolute atomic E-state index is 0.0301. The minimum atomic E-state index is -2.89. The molecule has 0 aliphatic carbocycles. The molecule has 1 amide bonds. The lowest BCUT2D eigenvalue weighted by molar-refractivity contribution is -0.127. The average Bonchev–Trinajstić information content (AvgIpc) is 2.59. The molecule has 4 nitrogen and oxygen atoms in total. The third-order valence-electron chi connectivity index (χ3n) is 4.01. The Morgan fingerprint density at radius 1 is 1.11 bits per heavy atom. The number of hydrogen-bond acceptors (Lipinski definition) is 3. The molecule has 0 bridgehead atoms. The van der Waals surface area contributed by atoms with Crippen LogP contribution in [0.5, 0.6) is 5.75 Å². The summed E-state index contributed by atoms with van der Waals surface area (Å²) in [5, 5.41) is 9.45. The zero-order valence-electron chi connectivity index (χ0n) is 16.4. The maximum absolute atomic E-state index is 12.8. The Morgan fingerprint density at radius 2 is 1.63 bits per heavy atom. The zero-order valence-corrected chi connectivity index (χ0v) is 16.4. The lowest BCUT2D eigenvalue weighted by Crippen LogP contribution is -2.34. The summed E-state index contributed by atoms with van der Waals surface area (Å²) in [6.07, 6.45) is 3.21. The smallest absolute Gasteiger partial charge is 0.387 e. The number of carbonyl (C=O) groups is 1. The van der Waals surface area contributed by atoms with Gasteiger partial charge >= 0.3 is 6.61 Å². The zero-order chi connectivity index (χ0) is 20.4. The first-order valence-electron chi connectivity index (χ1n) is 9.18. The van der Waals surface area contributed by atoms with Crippen LogP contribution in [0.25, 0.3) is 6.08 Å². The van der Waals surface area contributed by atoms with Crippen LogP contribution in [0.15, 0.2) is 29.8 Å². The first-order valence-corrected chi connectivity index (χ1v) is 9.18. The standard InChI is InChI=1S/C21H28F2N2O2/c1-15(2)9-11-25(12-10-16(3)4)20(26)18(14-24)13-17-5-7-19(8-6-17)27-21(22)23/h5-8,13,15-16,21H,9-12H2,1-4H3/b18-13+. The molecule has 0 N–H and O–H groups in total. The van der Waals surface area contributed by atoms with Crippen molar-refractivity contribution in [3.8, 4) is 11.8 Å². The van der Waals surface area contributed by atoms with Crippen molar-refractivity contribution in [2.75, 3.05) is 13.1 Å². The van der Waals surface area contributed by atoms with Crippen LogP contribution in [0, 0.1) is 23.2 Å². The summed E-state index contributed by atoms with van der Waals surface area (Å²) < 4.78 is 28.7. The monoisotopic (exact) mass is 378 g/mol. The van der Waals surface area contributed by atoms with Crippen LogP contribution < -0.4 is 4.74 Å². The summed E-state index contributed by atoms with van der Waals surface area (Å²) in [4.78, 5) is 14.6. The minimum Gasteiger partial charge on any atom is -0.435 e. The van der Waals surface area contributed by atoms with E-state index in [1.165, 1.54) is 30.3 Å². The second-order valence-corrected chi connectivity index (χ2v) is 7.27. The van der Waals surface area contributed by atoms with Crippen LogP contribution in [-0.2, 0) is 4.79 Å². The number of carbonyl (C=O) groups excluding carboxylic acids is 1. The van der Waals surface area contributed by atoms with Crippen LogP contribution >= 0.6 is 0 Å². The van der Waals surface area contributed by atoms with Crippen molar-refractivity contribution in [1.82, 2.24) is 4.90 Å². The number of halogens is 2. The molecule has 0 saturated carbocycles. The fourth-order valence-corrected chi connectivity index (χ4v) is 2.37. The number of alkyl halides is 2. The summed E-state index contributed by atoms with van der Waals surface area (Å²) >= 11 is 0. The fourth-order valence-electron chi connectivity index (χ4n) is 2.37. The van der Waals surface area contributed by atoms with Crippen molar-refractivity contribution in [2.45, 2.75) is 47.1 Å². The van der Waals surface area contributed by atoms with Gasteiger partial charge in [0.1, 0.15) is 17.4 Å². The van der Waals surface area contributed by atoms with Crippen LogP contribution in [0.2, 0.25) is 0 Å². The summed E-state index contributed by atoms with van der Waals surface area (Å²) in [5.74, 6) is 0.640. The van der Waals surface area contributed by atoms with E-state index < -0.39 is 6.61 Å². The normalized spacial score (nSPS) is 11.8. The third-order valence-corrected chi connectivity index (χ3v) is 4.01. The Balaban J connectivity index is 2.95. The number of hydrogen-bond donors (Lipinski definition) is 0. The Bertz CT molecular complexity index is 650. The molecule has 6 heteroatoms. The van der Waals surface area contributed by atoms with Gasteiger partial charge in [0, 0.05) is 13.1 Å². The van der Waals surface area contributed by atoms with Crippen molar-refractivity contribution in [1.29, 1.82) is 5.26 Å². The van der Waals surface area contributed by atoms with Gasteiger partial charge in [-0.05, 0) is 48.4 Å². The van der Waals surface area contributed by atoms with E-state index in [9.17, 15) is 18.8 Å². The maximum Gasteiger partial charge on any atom is 0.387 e. The molecule has 0 heterocycles. The van der Waals surface area contributed by atoms with Crippen molar-refractivity contribution < 1.29 is 18.3 Å². The van der Waals surface area contributed by atoms with Gasteiger partial charge in [0.15, 0.2) is 0 Å². The molecule has 0 aliphatic rings. The molecule has 0 unspecified atom stereocenters. The first kappa shape index (κ1) is 22.6. The summed E-state index contributed by atoms with van der Waals surface area (Å²) in [5.41, 5.74) is 0.610. The van der Waals surface area contributed by atoms with Gasteiger partial charge in [0.05, 0.1) is 0 Å². The van der Waals surface area contributed by atoms with E-state index in [4.69, 9.17) is 0 Å². The largest absolute Gasteiger partial charge is 0.435 e. The van der Waals surface area contributed by atoms with Crippen LogP contribution in [0.4, 0.5) is 8.78 Å². The van der Waals surface area contributed by atoms with E-state index in [1.54, 1.807) is 4.90 Å². The van der Waals surface area contributed by atoms with E-state index in [1.807, 2.05) is 6.07 Å². The van der Waals surface area contributed by atoms with Gasteiger partial charge in [-0.1, -0.05) is 39.8 Å². The maximum atomic E-state index is 12.8. The highest BCUT2D eigenvalue weighted by molar-refractivity contribution is 6.01. The molecule has 1 aromatic rings. The van der Waals surface area contributed by atoms with Crippen LogP contribution in [-0.4, -0.2) is 30.5 Å². The second-order valence-electron chi connectivity index (χ2n) is 7.27. The van der Waals surface area contributed by atoms with Crippen molar-refractivity contribution >= 4 is 12.0 Å². The molecule has 148 valence electrons. The predicted octanol–water partition coefficient (Wildman–Crippen LogP) is 5.12. The molecular formula is C21H28F2N2O2. The quantitative estimate of drug-likeness (QED) is 0.420. The summed E-state index contributed by atoms with van der Waals surface area (Å²) in [6.45, 7) is 6.68. The van der Waals surface area contributed by atoms with Gasteiger partial charge in [0.25, 0.3) is 5.91 Å². The van der Waals surface area contributed by atoms with Crippen molar-refractivity contribution in [3.63, 3.8) is 0 Å². The summed E-state index contributed by atoms with van der Waals surface area (Å²) in [7, 11) is 0. The van der Waals surface area contributed by atoms with E-state index >= 15 is 0 Å². The van der Waals surface area contributed by atoms with Crippen LogP contribution in [0.3, 0.4) is 0 Å².